The average Bonchev–Trinajstić information content (AvgIpc) is 3.26. The first-order valence-corrected chi connectivity index (χ1v) is 13.1. The van der Waals surface area contributed by atoms with Crippen molar-refractivity contribution >= 4 is 33.2 Å². The van der Waals surface area contributed by atoms with Gasteiger partial charge in [-0.3, -0.25) is 9.59 Å². The normalized spacial score (nSPS) is 12.8. The lowest BCUT2D eigenvalue weighted by Gasteiger charge is -2.33. The van der Waals surface area contributed by atoms with Crippen LogP contribution in [0.2, 0.25) is 0 Å². The number of thiophene rings is 1. The van der Waals surface area contributed by atoms with E-state index in [0.717, 1.165) is 4.88 Å². The van der Waals surface area contributed by atoms with Crippen molar-refractivity contribution in [2.75, 3.05) is 13.7 Å². The number of methoxy groups -OCH3 is 1. The van der Waals surface area contributed by atoms with E-state index in [4.69, 9.17) is 4.74 Å². The summed E-state index contributed by atoms with van der Waals surface area (Å²) < 4.78 is 32.8. The highest BCUT2D eigenvalue weighted by atomic mass is 32.2. The van der Waals surface area contributed by atoms with Gasteiger partial charge in [0.05, 0.1) is 25.1 Å². The van der Waals surface area contributed by atoms with Crippen LogP contribution < -0.4 is 14.8 Å². The molecule has 10 heteroatoms. The number of carbonyl (C=O) groups excluding carboxylic acids is 2. The molecule has 0 saturated heterocycles. The maximum absolute atomic E-state index is 13.2. The van der Waals surface area contributed by atoms with Crippen LogP contribution in [0, 0.1) is 0 Å². The van der Waals surface area contributed by atoms with Crippen LogP contribution in [-0.4, -0.2) is 50.4 Å². The summed E-state index contributed by atoms with van der Waals surface area (Å²) in [5.74, 6) is -0.199. The maximum atomic E-state index is 13.2. The summed E-state index contributed by atoms with van der Waals surface area (Å²) in [5, 5.41) is 4.85. The van der Waals surface area contributed by atoms with Crippen molar-refractivity contribution in [1.29, 1.82) is 0 Å². The Morgan fingerprint density at radius 1 is 1.15 bits per heavy atom. The van der Waals surface area contributed by atoms with E-state index >= 15 is 0 Å². The summed E-state index contributed by atoms with van der Waals surface area (Å²) >= 11 is 1.48. The van der Waals surface area contributed by atoms with Crippen molar-refractivity contribution in [1.82, 2.24) is 14.9 Å². The third kappa shape index (κ3) is 8.13. The molecule has 2 amide bonds. The molecular formula is C23H33N3O5S2. The van der Waals surface area contributed by atoms with Crippen molar-refractivity contribution in [2.45, 2.75) is 63.6 Å². The molecule has 1 aromatic carbocycles. The van der Waals surface area contributed by atoms with Gasteiger partial charge in [-0.2, -0.15) is 0 Å². The number of nitrogens with zero attached hydrogens (tertiary/aromatic N) is 1. The average molecular weight is 496 g/mol. The van der Waals surface area contributed by atoms with Crippen LogP contribution >= 0.6 is 11.3 Å². The Bertz CT molecular complexity index is 1010. The summed E-state index contributed by atoms with van der Waals surface area (Å²) in [5.41, 5.74) is -0.462. The lowest BCUT2D eigenvalue weighted by Crippen LogP contribution is -2.55. The number of hydrogen-bond donors (Lipinski definition) is 2. The molecule has 2 aromatic rings. The summed E-state index contributed by atoms with van der Waals surface area (Å²) in [6, 6.07) is 8.93. The van der Waals surface area contributed by atoms with E-state index in [1.807, 2.05) is 45.2 Å². The molecule has 1 heterocycles. The molecule has 1 aromatic heterocycles. The van der Waals surface area contributed by atoms with Gasteiger partial charge in [0.15, 0.2) is 0 Å². The smallest absolute Gasteiger partial charge is 0.243 e. The quantitative estimate of drug-likeness (QED) is 0.498. The first-order chi connectivity index (χ1) is 15.5. The SMILES string of the molecule is CCC[C@H](C(=O)NC(C)(C)C)N(Cc1cccs1)C(=O)CNS(=O)(=O)c1ccc(OC)cc1. The largest absolute Gasteiger partial charge is 0.497 e. The zero-order chi connectivity index (χ0) is 24.6. The van der Waals surface area contributed by atoms with Gasteiger partial charge in [0.25, 0.3) is 0 Å². The zero-order valence-electron chi connectivity index (χ0n) is 19.8. The molecule has 1 atom stereocenters. The molecule has 0 spiro atoms. The number of rotatable bonds is 11. The second kappa shape index (κ2) is 11.6. The molecule has 2 rings (SSSR count). The summed E-state index contributed by atoms with van der Waals surface area (Å²) in [7, 11) is -2.42. The molecule has 0 fully saturated rings. The fourth-order valence-electron chi connectivity index (χ4n) is 3.19. The minimum absolute atomic E-state index is 0.0245. The van der Waals surface area contributed by atoms with E-state index in [0.29, 0.717) is 18.6 Å². The number of benzene rings is 1. The topological polar surface area (TPSA) is 105 Å². The number of hydrogen-bond acceptors (Lipinski definition) is 6. The highest BCUT2D eigenvalue weighted by Crippen LogP contribution is 2.19. The monoisotopic (exact) mass is 495 g/mol. The Kier molecular flexibility index (Phi) is 9.45. The van der Waals surface area contributed by atoms with E-state index in [1.54, 1.807) is 0 Å². The number of ether oxygens (including phenoxy) is 1. The van der Waals surface area contributed by atoms with Gasteiger partial charge in [0, 0.05) is 10.4 Å². The Balaban J connectivity index is 2.23. The van der Waals surface area contributed by atoms with Crippen LogP contribution in [0.3, 0.4) is 0 Å². The molecule has 0 aliphatic heterocycles. The Labute approximate surface area is 200 Å². The molecule has 0 unspecified atom stereocenters. The minimum Gasteiger partial charge on any atom is -0.497 e. The third-order valence-corrected chi connectivity index (χ3v) is 7.03. The number of carbonyl (C=O) groups is 2. The number of nitrogens with one attached hydrogen (secondary N) is 2. The van der Waals surface area contributed by atoms with Gasteiger partial charge in [-0.05, 0) is 62.9 Å². The predicted molar refractivity (Wildman–Crippen MR) is 130 cm³/mol. The molecule has 33 heavy (non-hydrogen) atoms. The van der Waals surface area contributed by atoms with Gasteiger partial charge in [0.1, 0.15) is 11.8 Å². The van der Waals surface area contributed by atoms with E-state index in [1.165, 1.54) is 47.6 Å². The van der Waals surface area contributed by atoms with Crippen LogP contribution in [0.5, 0.6) is 5.75 Å². The van der Waals surface area contributed by atoms with Crippen LogP contribution in [0.25, 0.3) is 0 Å². The molecular weight excluding hydrogens is 462 g/mol. The zero-order valence-corrected chi connectivity index (χ0v) is 21.4. The van der Waals surface area contributed by atoms with E-state index in [-0.39, 0.29) is 17.3 Å². The molecule has 2 N–H and O–H groups in total. The van der Waals surface area contributed by atoms with Gasteiger partial charge >= 0.3 is 0 Å². The van der Waals surface area contributed by atoms with Crippen LogP contribution in [0.4, 0.5) is 0 Å². The van der Waals surface area contributed by atoms with E-state index in [9.17, 15) is 18.0 Å². The van der Waals surface area contributed by atoms with Gasteiger partial charge in [-0.1, -0.05) is 19.4 Å². The van der Waals surface area contributed by atoms with Gasteiger partial charge in [-0.25, -0.2) is 13.1 Å². The molecule has 8 nitrogen and oxygen atoms in total. The van der Waals surface area contributed by atoms with Crippen molar-refractivity contribution in [2.24, 2.45) is 0 Å². The first kappa shape index (κ1) is 26.8. The Hall–Kier alpha value is -2.43. The summed E-state index contributed by atoms with van der Waals surface area (Å²) in [6.45, 7) is 7.34. The second-order valence-electron chi connectivity index (χ2n) is 8.64. The van der Waals surface area contributed by atoms with Crippen molar-refractivity contribution in [3.63, 3.8) is 0 Å². The van der Waals surface area contributed by atoms with Crippen molar-refractivity contribution in [3.8, 4) is 5.75 Å². The Morgan fingerprint density at radius 2 is 1.82 bits per heavy atom. The lowest BCUT2D eigenvalue weighted by atomic mass is 10.0. The highest BCUT2D eigenvalue weighted by Gasteiger charge is 2.32. The lowest BCUT2D eigenvalue weighted by molar-refractivity contribution is -0.141. The van der Waals surface area contributed by atoms with Crippen molar-refractivity contribution in [3.05, 3.63) is 46.7 Å². The fraction of sp³-hybridized carbons (Fsp3) is 0.478. The second-order valence-corrected chi connectivity index (χ2v) is 11.4. The molecule has 0 aliphatic carbocycles. The minimum atomic E-state index is -3.91. The number of amides is 2. The predicted octanol–water partition coefficient (Wildman–Crippen LogP) is 3.15. The summed E-state index contributed by atoms with van der Waals surface area (Å²) in [4.78, 5) is 28.7. The van der Waals surface area contributed by atoms with Crippen LogP contribution in [0.1, 0.15) is 45.4 Å². The molecule has 0 aliphatic rings. The number of sulfonamides is 1. The fourth-order valence-corrected chi connectivity index (χ4v) is 4.87. The standard InChI is InChI=1S/C23H33N3O5S2/c1-6-8-20(22(28)25-23(2,3)4)26(16-18-9-7-14-32-18)21(27)15-24-33(29,30)19-12-10-17(31-5)11-13-19/h7,9-14,20,24H,6,8,15-16H2,1-5H3,(H,25,28)/t20-/m1/s1. The Morgan fingerprint density at radius 3 is 2.33 bits per heavy atom. The van der Waals surface area contributed by atoms with Crippen LogP contribution in [0.15, 0.2) is 46.7 Å². The van der Waals surface area contributed by atoms with Gasteiger partial charge in [0.2, 0.25) is 21.8 Å². The van der Waals surface area contributed by atoms with Gasteiger partial charge in [-0.15, -0.1) is 11.3 Å². The van der Waals surface area contributed by atoms with Crippen LogP contribution in [-0.2, 0) is 26.2 Å². The molecule has 182 valence electrons. The van der Waals surface area contributed by atoms with E-state index in [2.05, 4.69) is 10.0 Å². The van der Waals surface area contributed by atoms with Gasteiger partial charge < -0.3 is 15.0 Å². The molecule has 0 bridgehead atoms. The molecule has 0 radical (unpaired) electrons. The third-order valence-electron chi connectivity index (χ3n) is 4.75. The van der Waals surface area contributed by atoms with E-state index < -0.39 is 34.1 Å². The first-order valence-electron chi connectivity index (χ1n) is 10.7. The maximum Gasteiger partial charge on any atom is 0.243 e. The highest BCUT2D eigenvalue weighted by molar-refractivity contribution is 7.89. The van der Waals surface area contributed by atoms with Crippen molar-refractivity contribution < 1.29 is 22.7 Å². The molecule has 0 saturated carbocycles. The summed E-state index contributed by atoms with van der Waals surface area (Å²) in [6.07, 6.45) is 1.15.